The van der Waals surface area contributed by atoms with Crippen LogP contribution in [-0.2, 0) is 0 Å². The van der Waals surface area contributed by atoms with E-state index in [-0.39, 0.29) is 17.9 Å². The van der Waals surface area contributed by atoms with Gasteiger partial charge in [-0.05, 0) is 52.7 Å². The van der Waals surface area contributed by atoms with E-state index in [4.69, 9.17) is 4.98 Å². The van der Waals surface area contributed by atoms with Crippen molar-refractivity contribution in [1.29, 1.82) is 0 Å². The summed E-state index contributed by atoms with van der Waals surface area (Å²) < 4.78 is 0. The average molecular weight is 410 g/mol. The van der Waals surface area contributed by atoms with Crippen molar-refractivity contribution >= 4 is 29.0 Å². The molecule has 3 aromatic rings. The molecule has 1 fully saturated rings. The van der Waals surface area contributed by atoms with Crippen LogP contribution in [0.15, 0.2) is 54.6 Å². The number of piperidine rings is 1. The Balaban J connectivity index is 0.00000240. The van der Waals surface area contributed by atoms with Gasteiger partial charge in [0.1, 0.15) is 0 Å². The first kappa shape index (κ1) is 21.6. The van der Waals surface area contributed by atoms with Crippen molar-refractivity contribution in [3.05, 3.63) is 60.2 Å². The van der Waals surface area contributed by atoms with Crippen LogP contribution in [-0.4, -0.2) is 29.7 Å². The number of halogens is 1. The third kappa shape index (κ3) is 5.09. The maximum Gasteiger partial charge on any atom is 0.0730 e. The van der Waals surface area contributed by atoms with E-state index in [0.29, 0.717) is 6.04 Å². The molecule has 4 rings (SSSR count). The highest BCUT2D eigenvalue weighted by molar-refractivity contribution is 5.94. The van der Waals surface area contributed by atoms with E-state index in [1.54, 1.807) is 0 Å². The summed E-state index contributed by atoms with van der Waals surface area (Å²) in [6.45, 7) is 11.0. The van der Waals surface area contributed by atoms with E-state index in [2.05, 4.69) is 92.5 Å². The third-order valence-corrected chi connectivity index (χ3v) is 5.51. The molecule has 0 bridgehead atoms. The maximum absolute atomic E-state index is 4.96. The lowest BCUT2D eigenvalue weighted by molar-refractivity contribution is 0.317. The predicted octanol–water partition coefficient (Wildman–Crippen LogP) is 5.99. The number of nitrogens with zero attached hydrogens (tertiary/aromatic N) is 2. The molecule has 0 unspecified atom stereocenters. The number of hydrogen-bond acceptors (Lipinski definition) is 3. The van der Waals surface area contributed by atoms with Crippen molar-refractivity contribution in [2.24, 2.45) is 0 Å². The largest absolute Gasteiger partial charge is 0.371 e. The number of benzene rings is 2. The quantitative estimate of drug-likeness (QED) is 0.575. The summed E-state index contributed by atoms with van der Waals surface area (Å²) in [7, 11) is 0. The summed E-state index contributed by atoms with van der Waals surface area (Å²) in [5, 5.41) is 5.02. The minimum absolute atomic E-state index is 0. The van der Waals surface area contributed by atoms with E-state index in [0.717, 1.165) is 24.3 Å². The Kier molecular flexibility index (Phi) is 6.50. The smallest absolute Gasteiger partial charge is 0.0730 e. The second-order valence-corrected chi connectivity index (χ2v) is 9.07. The molecule has 1 aliphatic heterocycles. The monoisotopic (exact) mass is 409 g/mol. The van der Waals surface area contributed by atoms with Gasteiger partial charge in [-0.2, -0.15) is 0 Å². The molecule has 0 atom stereocenters. The van der Waals surface area contributed by atoms with Crippen LogP contribution in [0.25, 0.3) is 22.2 Å². The first-order chi connectivity index (χ1) is 13.4. The van der Waals surface area contributed by atoms with E-state index < -0.39 is 0 Å². The van der Waals surface area contributed by atoms with Crippen LogP contribution in [0.1, 0.15) is 39.2 Å². The first-order valence-electron chi connectivity index (χ1n) is 10.4. The van der Waals surface area contributed by atoms with Crippen molar-refractivity contribution in [3.63, 3.8) is 0 Å². The van der Waals surface area contributed by atoms with Gasteiger partial charge in [0, 0.05) is 41.3 Å². The number of pyridine rings is 1. The lowest BCUT2D eigenvalue weighted by Gasteiger charge is -2.37. The molecule has 4 heteroatoms. The van der Waals surface area contributed by atoms with Gasteiger partial charge in [0.2, 0.25) is 0 Å². The number of para-hydroxylation sites is 1. The van der Waals surface area contributed by atoms with Gasteiger partial charge in [-0.25, -0.2) is 4.98 Å². The molecule has 0 amide bonds. The Morgan fingerprint density at radius 1 is 0.966 bits per heavy atom. The minimum Gasteiger partial charge on any atom is -0.371 e. The van der Waals surface area contributed by atoms with Crippen LogP contribution >= 0.6 is 12.4 Å². The minimum atomic E-state index is 0. The molecule has 29 heavy (non-hydrogen) atoms. The zero-order chi connectivity index (χ0) is 19.7. The molecular weight excluding hydrogens is 378 g/mol. The molecule has 0 saturated carbocycles. The fourth-order valence-corrected chi connectivity index (χ4v) is 4.17. The van der Waals surface area contributed by atoms with Crippen molar-refractivity contribution in [3.8, 4) is 11.3 Å². The lowest BCUT2D eigenvalue weighted by Crippen LogP contribution is -2.49. The zero-order valence-electron chi connectivity index (χ0n) is 17.9. The maximum atomic E-state index is 4.96. The fourth-order valence-electron chi connectivity index (χ4n) is 4.17. The normalized spacial score (nSPS) is 15.4. The molecule has 3 nitrogen and oxygen atoms in total. The first-order valence-corrected chi connectivity index (χ1v) is 10.4. The molecular formula is C25H32ClN3. The van der Waals surface area contributed by atoms with Crippen LogP contribution in [0.5, 0.6) is 0 Å². The van der Waals surface area contributed by atoms with Crippen molar-refractivity contribution in [1.82, 2.24) is 10.3 Å². The molecule has 154 valence electrons. The summed E-state index contributed by atoms with van der Waals surface area (Å²) in [5.74, 6) is 0. The number of rotatable bonds is 3. The fraction of sp³-hybridized carbons (Fsp3) is 0.400. The van der Waals surface area contributed by atoms with E-state index >= 15 is 0 Å². The molecule has 1 saturated heterocycles. The number of anilines is 1. The van der Waals surface area contributed by atoms with E-state index in [1.807, 2.05) is 0 Å². The van der Waals surface area contributed by atoms with Crippen molar-refractivity contribution in [2.75, 3.05) is 18.0 Å². The average Bonchev–Trinajstić information content (AvgIpc) is 2.67. The van der Waals surface area contributed by atoms with Crippen molar-refractivity contribution in [2.45, 2.75) is 52.1 Å². The van der Waals surface area contributed by atoms with Crippen LogP contribution in [0, 0.1) is 6.92 Å². The third-order valence-electron chi connectivity index (χ3n) is 5.51. The number of nitrogens with one attached hydrogen (secondary N) is 1. The molecule has 1 aliphatic rings. The van der Waals surface area contributed by atoms with Gasteiger partial charge in [0.05, 0.1) is 11.2 Å². The second-order valence-electron chi connectivity index (χ2n) is 9.07. The number of fused-ring (bicyclic) bond motifs is 1. The Morgan fingerprint density at radius 3 is 2.28 bits per heavy atom. The van der Waals surface area contributed by atoms with Crippen LogP contribution in [0.2, 0.25) is 0 Å². The lowest BCUT2D eigenvalue weighted by atomic mass is 9.98. The standard InChI is InChI=1S/C25H31N3.ClH/c1-18-9-11-19(12-10-18)23-17-24(21-7-5-6-8-22(21)26-23)28-15-13-20(14-16-28)27-25(2,3)4;/h5-12,17,20,27H,13-16H2,1-4H3;1H. The Bertz CT molecular complexity index is 952. The van der Waals surface area contributed by atoms with Gasteiger partial charge in [-0.1, -0.05) is 48.0 Å². The summed E-state index contributed by atoms with van der Waals surface area (Å²) in [6.07, 6.45) is 2.35. The highest BCUT2D eigenvalue weighted by Gasteiger charge is 2.24. The van der Waals surface area contributed by atoms with E-state index in [1.165, 1.54) is 35.0 Å². The Morgan fingerprint density at radius 2 is 1.62 bits per heavy atom. The molecule has 1 N–H and O–H groups in total. The van der Waals surface area contributed by atoms with Gasteiger partial charge >= 0.3 is 0 Å². The zero-order valence-corrected chi connectivity index (χ0v) is 18.7. The summed E-state index contributed by atoms with van der Waals surface area (Å²) in [4.78, 5) is 7.50. The van der Waals surface area contributed by atoms with Gasteiger partial charge in [-0.15, -0.1) is 12.4 Å². The van der Waals surface area contributed by atoms with Gasteiger partial charge in [0.25, 0.3) is 0 Å². The predicted molar refractivity (Wildman–Crippen MR) is 127 cm³/mol. The van der Waals surface area contributed by atoms with Crippen LogP contribution in [0.4, 0.5) is 5.69 Å². The summed E-state index contributed by atoms with van der Waals surface area (Å²) in [5.41, 5.74) is 6.08. The van der Waals surface area contributed by atoms with Gasteiger partial charge < -0.3 is 10.2 Å². The molecule has 2 heterocycles. The molecule has 0 radical (unpaired) electrons. The second kappa shape index (κ2) is 8.73. The van der Waals surface area contributed by atoms with E-state index in [9.17, 15) is 0 Å². The van der Waals surface area contributed by atoms with Crippen LogP contribution < -0.4 is 10.2 Å². The highest BCUT2D eigenvalue weighted by atomic mass is 35.5. The summed E-state index contributed by atoms with van der Waals surface area (Å²) in [6, 6.07) is 20.1. The molecule has 0 aliphatic carbocycles. The summed E-state index contributed by atoms with van der Waals surface area (Å²) >= 11 is 0. The SMILES string of the molecule is Cc1ccc(-c2cc(N3CCC(NC(C)(C)C)CC3)c3ccccc3n2)cc1.Cl. The topological polar surface area (TPSA) is 28.2 Å². The van der Waals surface area contributed by atoms with Crippen LogP contribution in [0.3, 0.4) is 0 Å². The Labute approximate surface area is 180 Å². The van der Waals surface area contributed by atoms with Gasteiger partial charge in [-0.3, -0.25) is 0 Å². The van der Waals surface area contributed by atoms with Crippen molar-refractivity contribution < 1.29 is 0 Å². The number of aryl methyl sites for hydroxylation is 1. The highest BCUT2D eigenvalue weighted by Crippen LogP contribution is 2.32. The van der Waals surface area contributed by atoms with Gasteiger partial charge in [0.15, 0.2) is 0 Å². The number of aromatic nitrogens is 1. The number of hydrogen-bond donors (Lipinski definition) is 1. The molecule has 2 aromatic carbocycles. The Hall–Kier alpha value is -2.10. The molecule has 0 spiro atoms. The molecule has 1 aromatic heterocycles.